The second-order valence-electron chi connectivity index (χ2n) is 5.44. The van der Waals surface area contributed by atoms with E-state index >= 15 is 0 Å². The summed E-state index contributed by atoms with van der Waals surface area (Å²) in [6.45, 7) is 3.13. The van der Waals surface area contributed by atoms with E-state index in [0.717, 1.165) is 18.8 Å². The Morgan fingerprint density at radius 2 is 2.14 bits per heavy atom. The quantitative estimate of drug-likeness (QED) is 0.793. The van der Waals surface area contributed by atoms with Gasteiger partial charge in [-0.05, 0) is 36.1 Å². The van der Waals surface area contributed by atoms with E-state index in [9.17, 15) is 4.79 Å². The van der Waals surface area contributed by atoms with E-state index in [0.29, 0.717) is 11.5 Å². The van der Waals surface area contributed by atoms with E-state index in [2.05, 4.69) is 35.0 Å². The molecular weight excluding hydrogens is 264 g/mol. The Hall–Kier alpha value is -2.36. The second kappa shape index (κ2) is 5.56. The third-order valence-corrected chi connectivity index (χ3v) is 3.79. The summed E-state index contributed by atoms with van der Waals surface area (Å²) in [6.07, 6.45) is 2.73. The molecule has 4 nitrogen and oxygen atoms in total. The standard InChI is InChI=1S/C17H18N2O2/c1-12-9-13-5-3-4-6-15(13)19(11-12)16-10-14(7-8-18-16)17(20)21-2/h3-8,10,12H,9,11H2,1-2H3. The van der Waals surface area contributed by atoms with Crippen molar-refractivity contribution in [3.05, 3.63) is 53.7 Å². The molecule has 0 aliphatic carbocycles. The van der Waals surface area contributed by atoms with Crippen LogP contribution in [0.25, 0.3) is 0 Å². The summed E-state index contributed by atoms with van der Waals surface area (Å²) in [4.78, 5) is 18.3. The summed E-state index contributed by atoms with van der Waals surface area (Å²) in [5.41, 5.74) is 3.02. The number of carbonyl (C=O) groups is 1. The van der Waals surface area contributed by atoms with E-state index in [1.165, 1.54) is 18.4 Å². The van der Waals surface area contributed by atoms with Gasteiger partial charge in [-0.1, -0.05) is 25.1 Å². The van der Waals surface area contributed by atoms with Crippen LogP contribution >= 0.6 is 0 Å². The molecule has 1 aromatic carbocycles. The topological polar surface area (TPSA) is 42.4 Å². The van der Waals surface area contributed by atoms with Crippen molar-refractivity contribution in [2.45, 2.75) is 13.3 Å². The number of ether oxygens (including phenoxy) is 1. The highest BCUT2D eigenvalue weighted by atomic mass is 16.5. The lowest BCUT2D eigenvalue weighted by molar-refractivity contribution is 0.0600. The number of methoxy groups -OCH3 is 1. The molecule has 108 valence electrons. The van der Waals surface area contributed by atoms with Gasteiger partial charge in [-0.2, -0.15) is 0 Å². The molecule has 0 radical (unpaired) electrons. The van der Waals surface area contributed by atoms with Crippen LogP contribution in [0.5, 0.6) is 0 Å². The maximum atomic E-state index is 11.7. The van der Waals surface area contributed by atoms with Gasteiger partial charge in [0.05, 0.1) is 12.7 Å². The van der Waals surface area contributed by atoms with Gasteiger partial charge in [0.1, 0.15) is 5.82 Å². The van der Waals surface area contributed by atoms with Gasteiger partial charge in [0, 0.05) is 18.4 Å². The number of hydrogen-bond donors (Lipinski definition) is 0. The Bertz CT molecular complexity index is 669. The minimum absolute atomic E-state index is 0.336. The Morgan fingerprint density at radius 3 is 2.95 bits per heavy atom. The van der Waals surface area contributed by atoms with E-state index in [-0.39, 0.29) is 5.97 Å². The number of fused-ring (bicyclic) bond motifs is 1. The normalized spacial score (nSPS) is 17.2. The SMILES string of the molecule is COC(=O)c1ccnc(N2CC(C)Cc3ccccc32)c1. The van der Waals surface area contributed by atoms with Gasteiger partial charge in [0.2, 0.25) is 0 Å². The van der Waals surface area contributed by atoms with Crippen LogP contribution in [0.1, 0.15) is 22.8 Å². The van der Waals surface area contributed by atoms with Crippen LogP contribution in [0.2, 0.25) is 0 Å². The van der Waals surface area contributed by atoms with Crippen LogP contribution in [0.15, 0.2) is 42.6 Å². The van der Waals surface area contributed by atoms with Crippen LogP contribution in [-0.4, -0.2) is 24.6 Å². The first-order valence-corrected chi connectivity index (χ1v) is 7.09. The van der Waals surface area contributed by atoms with Gasteiger partial charge in [0.15, 0.2) is 0 Å². The van der Waals surface area contributed by atoms with Crippen LogP contribution < -0.4 is 4.90 Å². The van der Waals surface area contributed by atoms with Crippen LogP contribution in [-0.2, 0) is 11.2 Å². The fourth-order valence-electron chi connectivity index (χ4n) is 2.82. The zero-order chi connectivity index (χ0) is 14.8. The molecule has 1 aliphatic heterocycles. The van der Waals surface area contributed by atoms with Crippen molar-refractivity contribution >= 4 is 17.5 Å². The molecule has 0 saturated heterocycles. The molecule has 1 atom stereocenters. The zero-order valence-corrected chi connectivity index (χ0v) is 12.2. The van der Waals surface area contributed by atoms with Crippen LogP contribution in [0.3, 0.4) is 0 Å². The predicted molar refractivity (Wildman–Crippen MR) is 81.9 cm³/mol. The average molecular weight is 282 g/mol. The number of aromatic nitrogens is 1. The minimum atomic E-state index is -0.336. The van der Waals surface area contributed by atoms with E-state index in [4.69, 9.17) is 4.74 Å². The van der Waals surface area contributed by atoms with Gasteiger partial charge in [-0.25, -0.2) is 9.78 Å². The van der Waals surface area contributed by atoms with Crippen molar-refractivity contribution in [1.82, 2.24) is 4.98 Å². The maximum Gasteiger partial charge on any atom is 0.338 e. The maximum absolute atomic E-state index is 11.7. The Morgan fingerprint density at radius 1 is 1.33 bits per heavy atom. The predicted octanol–water partition coefficient (Wildman–Crippen LogP) is 3.20. The Balaban J connectivity index is 2.02. The minimum Gasteiger partial charge on any atom is -0.465 e. The number of benzene rings is 1. The molecule has 0 spiro atoms. The summed E-state index contributed by atoms with van der Waals surface area (Å²) in [5, 5.41) is 0. The summed E-state index contributed by atoms with van der Waals surface area (Å²) in [7, 11) is 1.39. The molecular formula is C17H18N2O2. The molecule has 21 heavy (non-hydrogen) atoms. The van der Waals surface area contributed by atoms with E-state index < -0.39 is 0 Å². The largest absolute Gasteiger partial charge is 0.465 e. The molecule has 0 bridgehead atoms. The number of rotatable bonds is 2. The van der Waals surface area contributed by atoms with Crippen LogP contribution in [0.4, 0.5) is 11.5 Å². The van der Waals surface area contributed by atoms with Crippen molar-refractivity contribution in [2.24, 2.45) is 5.92 Å². The smallest absolute Gasteiger partial charge is 0.338 e. The molecule has 2 aromatic rings. The summed E-state index contributed by atoms with van der Waals surface area (Å²) < 4.78 is 4.78. The number of nitrogens with zero attached hydrogens (tertiary/aromatic N) is 2. The number of carbonyl (C=O) groups excluding carboxylic acids is 1. The fraction of sp³-hybridized carbons (Fsp3) is 0.294. The summed E-state index contributed by atoms with van der Waals surface area (Å²) in [6, 6.07) is 11.8. The highest BCUT2D eigenvalue weighted by molar-refractivity contribution is 5.90. The molecule has 0 amide bonds. The zero-order valence-electron chi connectivity index (χ0n) is 12.2. The highest BCUT2D eigenvalue weighted by Gasteiger charge is 2.23. The molecule has 1 aliphatic rings. The lowest BCUT2D eigenvalue weighted by Gasteiger charge is -2.34. The second-order valence-corrected chi connectivity index (χ2v) is 5.44. The molecule has 4 heteroatoms. The molecule has 3 rings (SSSR count). The van der Waals surface area contributed by atoms with Gasteiger partial charge in [-0.15, -0.1) is 0 Å². The third-order valence-electron chi connectivity index (χ3n) is 3.79. The average Bonchev–Trinajstić information content (AvgIpc) is 2.53. The summed E-state index contributed by atoms with van der Waals surface area (Å²) in [5.74, 6) is 0.998. The number of para-hydroxylation sites is 1. The van der Waals surface area contributed by atoms with Crippen molar-refractivity contribution in [1.29, 1.82) is 0 Å². The van der Waals surface area contributed by atoms with Crippen molar-refractivity contribution < 1.29 is 9.53 Å². The number of anilines is 2. The van der Waals surface area contributed by atoms with Gasteiger partial charge < -0.3 is 9.64 Å². The van der Waals surface area contributed by atoms with E-state index in [1.54, 1.807) is 18.3 Å². The van der Waals surface area contributed by atoms with Crippen molar-refractivity contribution in [3.8, 4) is 0 Å². The number of esters is 1. The first-order chi connectivity index (χ1) is 10.2. The molecule has 0 fully saturated rings. The first kappa shape index (κ1) is 13.6. The Labute approximate surface area is 124 Å². The number of hydrogen-bond acceptors (Lipinski definition) is 4. The molecule has 1 unspecified atom stereocenters. The number of pyridine rings is 1. The van der Waals surface area contributed by atoms with Crippen LogP contribution in [0, 0.1) is 5.92 Å². The highest BCUT2D eigenvalue weighted by Crippen LogP contribution is 2.34. The Kier molecular flexibility index (Phi) is 3.60. The van der Waals surface area contributed by atoms with Gasteiger partial charge >= 0.3 is 5.97 Å². The van der Waals surface area contributed by atoms with Gasteiger partial charge in [-0.3, -0.25) is 0 Å². The summed E-state index contributed by atoms with van der Waals surface area (Å²) >= 11 is 0. The first-order valence-electron chi connectivity index (χ1n) is 7.09. The molecule has 1 aromatic heterocycles. The molecule has 0 saturated carbocycles. The lowest BCUT2D eigenvalue weighted by Crippen LogP contribution is -2.31. The monoisotopic (exact) mass is 282 g/mol. The lowest BCUT2D eigenvalue weighted by atomic mass is 9.94. The fourth-order valence-corrected chi connectivity index (χ4v) is 2.82. The van der Waals surface area contributed by atoms with Gasteiger partial charge in [0.25, 0.3) is 0 Å². The van der Waals surface area contributed by atoms with Crippen molar-refractivity contribution in [2.75, 3.05) is 18.6 Å². The molecule has 2 heterocycles. The third kappa shape index (κ3) is 2.61. The van der Waals surface area contributed by atoms with Crippen molar-refractivity contribution in [3.63, 3.8) is 0 Å². The van der Waals surface area contributed by atoms with E-state index in [1.807, 2.05) is 6.07 Å². The molecule has 0 N–H and O–H groups in total.